The Kier molecular flexibility index (Phi) is 11.4. The zero-order valence-corrected chi connectivity index (χ0v) is 24.9. The van der Waals surface area contributed by atoms with Crippen molar-refractivity contribution in [1.29, 1.82) is 0 Å². The molecule has 41 heavy (non-hydrogen) atoms. The van der Waals surface area contributed by atoms with Crippen LogP contribution >= 0.6 is 11.8 Å². The molecule has 3 heterocycles. The van der Waals surface area contributed by atoms with Crippen LogP contribution in [0.25, 0.3) is 0 Å². The van der Waals surface area contributed by atoms with Crippen LogP contribution in [-0.4, -0.2) is 61.6 Å². The molecule has 222 valence electrons. The van der Waals surface area contributed by atoms with E-state index in [-0.39, 0.29) is 42.7 Å². The van der Waals surface area contributed by atoms with E-state index in [1.54, 1.807) is 19.4 Å². The summed E-state index contributed by atoms with van der Waals surface area (Å²) in [6.45, 7) is 2.59. The third kappa shape index (κ3) is 9.19. The summed E-state index contributed by atoms with van der Waals surface area (Å²) in [6, 6.07) is 12.1. The number of rotatable bonds is 15. The Morgan fingerprint density at radius 3 is 2.39 bits per heavy atom. The van der Waals surface area contributed by atoms with Crippen molar-refractivity contribution < 1.29 is 28.5 Å². The lowest BCUT2D eigenvalue weighted by Gasteiger charge is -2.27. The predicted molar refractivity (Wildman–Crippen MR) is 158 cm³/mol. The van der Waals surface area contributed by atoms with Gasteiger partial charge in [0, 0.05) is 67.6 Å². The lowest BCUT2D eigenvalue weighted by molar-refractivity contribution is -0.198. The van der Waals surface area contributed by atoms with Crippen molar-refractivity contribution in [3.8, 4) is 0 Å². The van der Waals surface area contributed by atoms with Crippen LogP contribution in [0.2, 0.25) is 0 Å². The molecule has 8 heteroatoms. The monoisotopic (exact) mass is 581 g/mol. The molecule has 1 aliphatic carbocycles. The molecule has 0 bridgehead atoms. The highest BCUT2D eigenvalue weighted by Crippen LogP contribution is 2.40. The molecule has 0 amide bonds. The molecule has 1 saturated carbocycles. The van der Waals surface area contributed by atoms with Crippen LogP contribution in [-0.2, 0) is 23.7 Å². The summed E-state index contributed by atoms with van der Waals surface area (Å²) >= 11 is 1.93. The van der Waals surface area contributed by atoms with Gasteiger partial charge in [0.2, 0.25) is 0 Å². The number of hydrogen-bond donors (Lipinski definition) is 0. The molecule has 7 nitrogen and oxygen atoms in total. The third-order valence-electron chi connectivity index (χ3n) is 8.22. The van der Waals surface area contributed by atoms with Gasteiger partial charge in [0.05, 0.1) is 6.61 Å². The number of aromatic nitrogens is 1. The standard InChI is InChI=1S/C33H43NO6S/c1-37-22-32(40-33-4-2-3-17-39-33)25-7-12-29(34-21-25)31(36)14-13-30(35)28(20-23-15-18-38-19-16-23)24-5-8-26(9-6-24)41-27-10-11-27/h5-9,12,21,23,27-28,32-33H,2-4,10-11,13-20,22H2,1H3. The first-order valence-electron chi connectivity index (χ1n) is 15.2. The fourth-order valence-electron chi connectivity index (χ4n) is 5.59. The smallest absolute Gasteiger partial charge is 0.181 e. The van der Waals surface area contributed by atoms with Crippen molar-refractivity contribution in [3.05, 3.63) is 59.4 Å². The van der Waals surface area contributed by atoms with Crippen LogP contribution in [0.1, 0.15) is 97.8 Å². The van der Waals surface area contributed by atoms with Crippen molar-refractivity contribution in [1.82, 2.24) is 4.98 Å². The van der Waals surface area contributed by atoms with E-state index in [0.717, 1.165) is 68.1 Å². The van der Waals surface area contributed by atoms with E-state index >= 15 is 0 Å². The normalized spacial score (nSPS) is 21.3. The molecule has 0 N–H and O–H groups in total. The van der Waals surface area contributed by atoms with Gasteiger partial charge in [-0.2, -0.15) is 0 Å². The number of methoxy groups -OCH3 is 1. The van der Waals surface area contributed by atoms with Gasteiger partial charge in [-0.1, -0.05) is 18.2 Å². The zero-order chi connectivity index (χ0) is 28.4. The van der Waals surface area contributed by atoms with Crippen molar-refractivity contribution in [2.24, 2.45) is 5.92 Å². The summed E-state index contributed by atoms with van der Waals surface area (Å²) in [4.78, 5) is 32.3. The molecule has 2 saturated heterocycles. The Morgan fingerprint density at radius 1 is 0.951 bits per heavy atom. The molecular formula is C33H43NO6S. The largest absolute Gasteiger partial charge is 0.382 e. The average Bonchev–Trinajstić information content (AvgIpc) is 3.84. The number of pyridine rings is 1. The van der Waals surface area contributed by atoms with Crippen molar-refractivity contribution >= 4 is 23.3 Å². The summed E-state index contributed by atoms with van der Waals surface area (Å²) in [5.74, 6) is 0.274. The molecule has 5 rings (SSSR count). The second-order valence-corrected chi connectivity index (χ2v) is 12.8. The first-order valence-corrected chi connectivity index (χ1v) is 16.1. The number of carbonyl (C=O) groups is 2. The SMILES string of the molecule is COCC(OC1CCCCO1)c1ccc(C(=O)CCC(=O)C(CC2CCOCC2)c2ccc(SC3CC3)cc2)nc1. The van der Waals surface area contributed by atoms with Gasteiger partial charge < -0.3 is 18.9 Å². The third-order valence-corrected chi connectivity index (χ3v) is 9.57. The minimum absolute atomic E-state index is 0.120. The van der Waals surface area contributed by atoms with E-state index in [4.69, 9.17) is 18.9 Å². The van der Waals surface area contributed by atoms with E-state index in [1.807, 2.05) is 17.8 Å². The molecular weight excluding hydrogens is 538 g/mol. The number of benzene rings is 1. The van der Waals surface area contributed by atoms with Crippen LogP contribution in [0, 0.1) is 5.92 Å². The Bertz CT molecular complexity index is 1110. The minimum Gasteiger partial charge on any atom is -0.382 e. The lowest BCUT2D eigenvalue weighted by atomic mass is 9.81. The van der Waals surface area contributed by atoms with Gasteiger partial charge >= 0.3 is 0 Å². The van der Waals surface area contributed by atoms with Crippen molar-refractivity contribution in [2.75, 3.05) is 33.5 Å². The molecule has 0 spiro atoms. The van der Waals surface area contributed by atoms with Crippen molar-refractivity contribution in [2.45, 2.75) is 92.7 Å². The number of nitrogens with zero attached hydrogens (tertiary/aromatic N) is 1. The van der Waals surface area contributed by atoms with E-state index in [0.29, 0.717) is 24.8 Å². The summed E-state index contributed by atoms with van der Waals surface area (Å²) in [7, 11) is 1.64. The second-order valence-electron chi connectivity index (χ2n) is 11.5. The Labute approximate surface area is 248 Å². The highest BCUT2D eigenvalue weighted by atomic mass is 32.2. The molecule has 0 radical (unpaired) electrons. The summed E-state index contributed by atoms with van der Waals surface area (Å²) in [5.41, 5.74) is 2.27. The van der Waals surface area contributed by atoms with Gasteiger partial charge in [-0.15, -0.1) is 11.8 Å². The van der Waals surface area contributed by atoms with Gasteiger partial charge in [-0.3, -0.25) is 14.6 Å². The molecule has 3 aliphatic rings. The van der Waals surface area contributed by atoms with E-state index in [9.17, 15) is 9.59 Å². The Morgan fingerprint density at radius 2 is 1.73 bits per heavy atom. The highest BCUT2D eigenvalue weighted by molar-refractivity contribution is 8.00. The van der Waals surface area contributed by atoms with Crippen LogP contribution < -0.4 is 0 Å². The van der Waals surface area contributed by atoms with Crippen LogP contribution in [0.3, 0.4) is 0 Å². The molecule has 3 unspecified atom stereocenters. The van der Waals surface area contributed by atoms with Gasteiger partial charge in [0.1, 0.15) is 17.6 Å². The fourth-order valence-corrected chi connectivity index (χ4v) is 6.64. The second kappa shape index (κ2) is 15.4. The number of ketones is 2. The summed E-state index contributed by atoms with van der Waals surface area (Å²) < 4.78 is 22.8. The first-order chi connectivity index (χ1) is 20.1. The van der Waals surface area contributed by atoms with Crippen LogP contribution in [0.4, 0.5) is 0 Å². The van der Waals surface area contributed by atoms with Crippen LogP contribution in [0.5, 0.6) is 0 Å². The molecule has 3 fully saturated rings. The average molecular weight is 582 g/mol. The Balaban J connectivity index is 1.19. The van der Waals surface area contributed by atoms with Crippen LogP contribution in [0.15, 0.2) is 47.5 Å². The number of Topliss-reactive ketones (excluding diaryl/α,β-unsaturated/α-hetero) is 2. The number of carbonyl (C=O) groups excluding carboxylic acids is 2. The van der Waals surface area contributed by atoms with Gasteiger partial charge in [-0.05, 0) is 81.0 Å². The van der Waals surface area contributed by atoms with Gasteiger partial charge in [0.25, 0.3) is 0 Å². The summed E-state index contributed by atoms with van der Waals surface area (Å²) in [6.07, 6.45) is 9.82. The molecule has 2 aromatic rings. The van der Waals surface area contributed by atoms with Crippen molar-refractivity contribution in [3.63, 3.8) is 0 Å². The molecule has 1 aromatic carbocycles. The molecule has 1 aromatic heterocycles. The number of thioether (sulfide) groups is 1. The Hall–Kier alpha value is -2.10. The minimum atomic E-state index is -0.318. The van der Waals surface area contributed by atoms with E-state index in [1.165, 1.54) is 17.7 Å². The lowest BCUT2D eigenvalue weighted by Crippen LogP contribution is -2.26. The highest BCUT2D eigenvalue weighted by Gasteiger charge is 2.28. The summed E-state index contributed by atoms with van der Waals surface area (Å²) in [5, 5.41) is 0.749. The first kappa shape index (κ1) is 30.4. The van der Waals surface area contributed by atoms with Gasteiger partial charge in [-0.25, -0.2) is 0 Å². The number of ether oxygens (including phenoxy) is 4. The van der Waals surface area contributed by atoms with E-state index in [2.05, 4.69) is 29.2 Å². The molecule has 2 aliphatic heterocycles. The quantitative estimate of drug-likeness (QED) is 0.215. The van der Waals surface area contributed by atoms with E-state index < -0.39 is 0 Å². The predicted octanol–water partition coefficient (Wildman–Crippen LogP) is 6.70. The maximum absolute atomic E-state index is 13.6. The maximum atomic E-state index is 13.6. The zero-order valence-electron chi connectivity index (χ0n) is 24.1. The topological polar surface area (TPSA) is 84.0 Å². The maximum Gasteiger partial charge on any atom is 0.181 e. The fraction of sp³-hybridized carbons (Fsp3) is 0.606. The molecule has 3 atom stereocenters. The number of hydrogen-bond acceptors (Lipinski definition) is 8. The van der Waals surface area contributed by atoms with Gasteiger partial charge in [0.15, 0.2) is 12.1 Å².